The summed E-state index contributed by atoms with van der Waals surface area (Å²) in [5.41, 5.74) is 1.37. The van der Waals surface area contributed by atoms with Gasteiger partial charge < -0.3 is 44.1 Å². The highest BCUT2D eigenvalue weighted by Crippen LogP contribution is 2.25. The highest BCUT2D eigenvalue weighted by Gasteiger charge is 2.43. The van der Waals surface area contributed by atoms with E-state index in [1.807, 2.05) is 26.8 Å². The normalized spacial score (nSPS) is 17.5. The molecule has 3 rings (SSSR count). The lowest BCUT2D eigenvalue weighted by atomic mass is 9.96. The molecule has 0 aromatic heterocycles. The van der Waals surface area contributed by atoms with Crippen molar-refractivity contribution in [2.24, 2.45) is 11.8 Å². The second-order valence-corrected chi connectivity index (χ2v) is 17.2. The number of hydrogen-bond donors (Lipinski definition) is 2. The summed E-state index contributed by atoms with van der Waals surface area (Å²) in [6.07, 6.45) is -3.80. The highest BCUT2D eigenvalue weighted by atomic mass is 16.6. The molecule has 358 valence electrons. The number of carboxylic acid groups (broad SMARTS) is 1. The molecule has 1 saturated heterocycles. The van der Waals surface area contributed by atoms with Crippen molar-refractivity contribution in [3.8, 4) is 0 Å². The molecule has 0 saturated carbocycles. The Kier molecular flexibility index (Phi) is 21.1. The number of benzene rings is 2. The molecule has 0 unspecified atom stereocenters. The van der Waals surface area contributed by atoms with Gasteiger partial charge in [0.15, 0.2) is 24.4 Å². The predicted octanol–water partition coefficient (Wildman–Crippen LogP) is 3.98. The van der Waals surface area contributed by atoms with Crippen molar-refractivity contribution < 1.29 is 62.4 Å². The minimum absolute atomic E-state index is 0.0382. The Hall–Kier alpha value is -5.84. The third-order valence-electron chi connectivity index (χ3n) is 11.7. The quantitative estimate of drug-likeness (QED) is 0.119. The maximum atomic E-state index is 14.4. The zero-order valence-electron chi connectivity index (χ0n) is 39.4. The number of rotatable bonds is 23. The number of ether oxygens (including phenoxy) is 4. The lowest BCUT2D eigenvalue weighted by Crippen LogP contribution is -2.55. The number of aliphatic carboxylic acids is 1. The number of carbonyl (C=O) groups excluding carboxylic acids is 7. The molecule has 0 aliphatic carbocycles. The lowest BCUT2D eigenvalue weighted by molar-refractivity contribution is -0.176. The van der Waals surface area contributed by atoms with Crippen molar-refractivity contribution in [1.29, 1.82) is 0 Å². The van der Waals surface area contributed by atoms with Gasteiger partial charge in [-0.3, -0.25) is 19.2 Å². The largest absolute Gasteiger partial charge is 0.479 e. The van der Waals surface area contributed by atoms with Crippen LogP contribution < -0.4 is 5.32 Å². The number of nitrogens with zero attached hydrogens (tertiary/aromatic N) is 3. The summed E-state index contributed by atoms with van der Waals surface area (Å²) in [4.78, 5) is 112. The van der Waals surface area contributed by atoms with Gasteiger partial charge in [0.05, 0.1) is 0 Å². The van der Waals surface area contributed by atoms with Crippen LogP contribution in [0.5, 0.6) is 0 Å². The smallest absolute Gasteiger partial charge is 0.344 e. The van der Waals surface area contributed by atoms with E-state index < -0.39 is 102 Å². The molecule has 17 nitrogen and oxygen atoms in total. The van der Waals surface area contributed by atoms with Gasteiger partial charge in [0.2, 0.25) is 0 Å². The summed E-state index contributed by atoms with van der Waals surface area (Å²) in [6.45, 7) is 11.5. The first-order valence-corrected chi connectivity index (χ1v) is 22.4. The number of carboxylic acids is 1. The molecule has 1 aliphatic rings. The molecule has 0 spiro atoms. The zero-order chi connectivity index (χ0) is 48.5. The molecule has 1 aliphatic heterocycles. The molecule has 2 aromatic carbocycles. The summed E-state index contributed by atoms with van der Waals surface area (Å²) < 4.78 is 22.6. The van der Waals surface area contributed by atoms with Crippen molar-refractivity contribution in [2.75, 3.05) is 27.7 Å². The van der Waals surface area contributed by atoms with Gasteiger partial charge in [-0.25, -0.2) is 19.2 Å². The number of amides is 3. The van der Waals surface area contributed by atoms with Gasteiger partial charge in [0, 0.05) is 33.5 Å². The molecule has 65 heavy (non-hydrogen) atoms. The molecule has 1 heterocycles. The minimum atomic E-state index is -1.45. The molecule has 2 N–H and O–H groups in total. The van der Waals surface area contributed by atoms with Crippen LogP contribution in [0.3, 0.4) is 0 Å². The fourth-order valence-corrected chi connectivity index (χ4v) is 7.48. The van der Waals surface area contributed by atoms with Crippen molar-refractivity contribution in [2.45, 2.75) is 142 Å². The van der Waals surface area contributed by atoms with E-state index in [9.17, 15) is 43.5 Å². The first kappa shape index (κ1) is 53.5. The van der Waals surface area contributed by atoms with Gasteiger partial charge in [0.25, 0.3) is 17.7 Å². The molecular formula is C48H68N4O13. The monoisotopic (exact) mass is 908 g/mol. The number of likely N-dealkylation sites (N-methyl/N-ethyl adjacent to an activating group) is 3. The van der Waals surface area contributed by atoms with Crippen molar-refractivity contribution in [1.82, 2.24) is 20.0 Å². The van der Waals surface area contributed by atoms with E-state index in [0.29, 0.717) is 24.8 Å². The summed E-state index contributed by atoms with van der Waals surface area (Å²) in [5, 5.41) is 12.1. The molecule has 1 fully saturated rings. The molecular weight excluding hydrogens is 841 g/mol. The second kappa shape index (κ2) is 25.6. The van der Waals surface area contributed by atoms with Gasteiger partial charge in [-0.1, -0.05) is 94.8 Å². The highest BCUT2D eigenvalue weighted by molar-refractivity contribution is 5.93. The fourth-order valence-electron chi connectivity index (χ4n) is 7.48. The van der Waals surface area contributed by atoms with Crippen LogP contribution in [0.4, 0.5) is 0 Å². The summed E-state index contributed by atoms with van der Waals surface area (Å²) in [6, 6.07) is 13.5. The number of hydrogen-bond acceptors (Lipinski definition) is 13. The van der Waals surface area contributed by atoms with E-state index in [2.05, 4.69) is 5.32 Å². The molecule has 0 bridgehead atoms. The minimum Gasteiger partial charge on any atom is -0.479 e. The SMILES string of the molecule is CC[C@H](C)[C@@H](C(=O)O[C@H](C)C(=O)N(C)[C@@H](CC(C)C)C(=O)O[C@H](Cc1ccccc1)C(=O)N1CCCC[C@H]1C(=O)O[C@H](C)C(=O)O)N(C)C(=O)[C@@H](Cc1ccccc1)OC(=O)[C@H](C)NC. The van der Waals surface area contributed by atoms with Crippen LogP contribution in [-0.4, -0.2) is 144 Å². The fraction of sp³-hybridized carbons (Fsp3) is 0.583. The summed E-state index contributed by atoms with van der Waals surface area (Å²) in [7, 11) is 4.37. The Morgan fingerprint density at radius 1 is 0.708 bits per heavy atom. The average molecular weight is 909 g/mol. The van der Waals surface area contributed by atoms with E-state index in [4.69, 9.17) is 18.9 Å². The maximum Gasteiger partial charge on any atom is 0.344 e. The lowest BCUT2D eigenvalue weighted by Gasteiger charge is -2.37. The van der Waals surface area contributed by atoms with Gasteiger partial charge in [-0.2, -0.15) is 0 Å². The second-order valence-electron chi connectivity index (χ2n) is 17.2. The zero-order valence-corrected chi connectivity index (χ0v) is 39.4. The predicted molar refractivity (Wildman–Crippen MR) is 239 cm³/mol. The van der Waals surface area contributed by atoms with Crippen LogP contribution in [0.2, 0.25) is 0 Å². The number of carbonyl (C=O) groups is 8. The molecule has 3 amide bonds. The van der Waals surface area contributed by atoms with Crippen molar-refractivity contribution in [3.05, 3.63) is 71.8 Å². The first-order chi connectivity index (χ1) is 30.7. The molecule has 9 atom stereocenters. The number of nitrogens with one attached hydrogen (secondary N) is 1. The third kappa shape index (κ3) is 15.4. The van der Waals surface area contributed by atoms with Crippen LogP contribution in [0.1, 0.15) is 91.7 Å². The number of likely N-dealkylation sites (tertiary alicyclic amines) is 1. The van der Waals surface area contributed by atoms with E-state index >= 15 is 0 Å². The van der Waals surface area contributed by atoms with Crippen LogP contribution >= 0.6 is 0 Å². The number of esters is 4. The summed E-state index contributed by atoms with van der Waals surface area (Å²) in [5.74, 6) is -7.40. The van der Waals surface area contributed by atoms with Crippen LogP contribution in [0.15, 0.2) is 60.7 Å². The molecule has 2 aromatic rings. The van der Waals surface area contributed by atoms with Gasteiger partial charge in [0.1, 0.15) is 24.2 Å². The van der Waals surface area contributed by atoms with E-state index in [1.54, 1.807) is 75.5 Å². The van der Waals surface area contributed by atoms with Gasteiger partial charge in [-0.05, 0) is 76.5 Å². The van der Waals surface area contributed by atoms with Crippen LogP contribution in [-0.2, 0) is 70.1 Å². The van der Waals surface area contributed by atoms with E-state index in [-0.39, 0.29) is 38.1 Å². The Bertz CT molecular complexity index is 1930. The van der Waals surface area contributed by atoms with Gasteiger partial charge >= 0.3 is 29.8 Å². The van der Waals surface area contributed by atoms with Crippen molar-refractivity contribution in [3.63, 3.8) is 0 Å². The Labute approximate surface area is 382 Å². The Balaban J connectivity index is 1.88. The molecule has 17 heteroatoms. The van der Waals surface area contributed by atoms with E-state index in [1.165, 1.54) is 37.7 Å². The average Bonchev–Trinajstić information content (AvgIpc) is 3.29. The van der Waals surface area contributed by atoms with Crippen molar-refractivity contribution >= 4 is 47.6 Å². The summed E-state index contributed by atoms with van der Waals surface area (Å²) >= 11 is 0. The topological polar surface area (TPSA) is 215 Å². The molecule has 0 radical (unpaired) electrons. The van der Waals surface area contributed by atoms with E-state index in [0.717, 1.165) is 10.5 Å². The first-order valence-electron chi connectivity index (χ1n) is 22.4. The van der Waals surface area contributed by atoms with Crippen LogP contribution in [0.25, 0.3) is 0 Å². The Morgan fingerprint density at radius 2 is 1.26 bits per heavy atom. The van der Waals surface area contributed by atoms with Crippen LogP contribution in [0, 0.1) is 11.8 Å². The third-order valence-corrected chi connectivity index (χ3v) is 11.7. The Morgan fingerprint density at radius 3 is 1.78 bits per heavy atom. The standard InChI is InChI=1S/C48H68N4O13/c1-11-30(4)40(51(10)42(54)38(64-45(58)31(5)49-8)27-34-20-14-12-15-21-34)48(61)62-32(6)41(53)50(9)37(26-29(2)3)47(60)65-39(28-35-22-16-13-17-23-35)43(55)52-25-19-18-24-36(52)46(59)63-33(7)44(56)57/h12-17,20-23,29-33,36-40,49H,11,18-19,24-28H2,1-10H3,(H,56,57)/t30-,31-,32+,33+,36-,37-,38+,39+,40-/m0/s1. The van der Waals surface area contributed by atoms with Gasteiger partial charge in [-0.15, -0.1) is 0 Å². The maximum absolute atomic E-state index is 14.4. The number of piperidine rings is 1.